The van der Waals surface area contributed by atoms with Gasteiger partial charge in [-0.1, -0.05) is 29.8 Å². The van der Waals surface area contributed by atoms with Gasteiger partial charge in [-0.2, -0.15) is 4.98 Å². The molecule has 0 unspecified atom stereocenters. The van der Waals surface area contributed by atoms with Crippen molar-refractivity contribution in [3.05, 3.63) is 89.4 Å². The lowest BCUT2D eigenvalue weighted by Gasteiger charge is -2.14. The van der Waals surface area contributed by atoms with Crippen LogP contribution in [0.2, 0.25) is 5.02 Å². The second-order valence-electron chi connectivity index (χ2n) is 7.77. The lowest BCUT2D eigenvalue weighted by Crippen LogP contribution is -2.08. The first-order chi connectivity index (χ1) is 17.4. The molecule has 0 aliphatic heterocycles. The largest absolute Gasteiger partial charge is 0.463 e. The maximum atomic E-state index is 13.5. The number of hydrogen-bond acceptors (Lipinski definition) is 7. The highest BCUT2D eigenvalue weighted by Gasteiger charge is 2.12. The monoisotopic (exact) mass is 506 g/mol. The van der Waals surface area contributed by atoms with E-state index in [1.807, 2.05) is 35.9 Å². The van der Waals surface area contributed by atoms with Crippen molar-refractivity contribution in [2.24, 2.45) is 7.05 Å². The Morgan fingerprint density at radius 1 is 1.22 bits per heavy atom. The molecule has 2 N–H and O–H groups in total. The van der Waals surface area contributed by atoms with E-state index in [4.69, 9.17) is 16.3 Å². The van der Waals surface area contributed by atoms with Gasteiger partial charge in [0.15, 0.2) is 0 Å². The van der Waals surface area contributed by atoms with Gasteiger partial charge in [0.05, 0.1) is 30.2 Å². The van der Waals surface area contributed by atoms with Crippen LogP contribution in [0.4, 0.5) is 21.8 Å². The molecule has 0 amide bonds. The smallest absolute Gasteiger partial charge is 0.330 e. The molecule has 0 aliphatic carbocycles. The fourth-order valence-corrected chi connectivity index (χ4v) is 3.57. The molecule has 8 nitrogen and oxygen atoms in total. The molecule has 2 aromatic carbocycles. The Balaban J connectivity index is 1.65. The molecule has 36 heavy (non-hydrogen) atoms. The van der Waals surface area contributed by atoms with Gasteiger partial charge in [0.2, 0.25) is 5.95 Å². The van der Waals surface area contributed by atoms with E-state index in [0.29, 0.717) is 30.6 Å². The van der Waals surface area contributed by atoms with Gasteiger partial charge in [-0.25, -0.2) is 19.2 Å². The number of esters is 1. The zero-order valence-electron chi connectivity index (χ0n) is 19.7. The van der Waals surface area contributed by atoms with Crippen LogP contribution >= 0.6 is 11.6 Å². The topological polar surface area (TPSA) is 94.0 Å². The number of ether oxygens (including phenoxy) is 1. The van der Waals surface area contributed by atoms with E-state index in [2.05, 4.69) is 25.6 Å². The standard InChI is InChI=1S/C26H24ClFN6O2/c1-3-36-24(35)10-7-17-5-4-6-18(11-17)21-15-31-26(32-19-8-9-23(28)22(27)12-19)33-25(21)30-14-20-13-29-16-34(20)2/h4-13,15-16H,3,14H2,1-2H3,(H2,30,31,32,33)/b10-7+. The Labute approximate surface area is 212 Å². The quantitative estimate of drug-likeness (QED) is 0.225. The number of nitrogens with one attached hydrogen (secondary N) is 2. The van der Waals surface area contributed by atoms with E-state index >= 15 is 0 Å². The lowest BCUT2D eigenvalue weighted by atomic mass is 10.0. The number of anilines is 3. The van der Waals surface area contributed by atoms with Crippen LogP contribution in [0.1, 0.15) is 18.2 Å². The first-order valence-electron chi connectivity index (χ1n) is 11.2. The van der Waals surface area contributed by atoms with Crippen LogP contribution in [0.3, 0.4) is 0 Å². The first kappa shape index (κ1) is 24.9. The minimum atomic E-state index is -0.506. The third-order valence-electron chi connectivity index (χ3n) is 5.21. The van der Waals surface area contributed by atoms with Crippen molar-refractivity contribution in [1.29, 1.82) is 0 Å². The molecule has 2 aromatic heterocycles. The summed E-state index contributed by atoms with van der Waals surface area (Å²) in [4.78, 5) is 25.0. The molecule has 0 radical (unpaired) electrons. The van der Waals surface area contributed by atoms with Crippen LogP contribution in [0.25, 0.3) is 17.2 Å². The average molecular weight is 507 g/mol. The Morgan fingerprint density at radius 2 is 2.08 bits per heavy atom. The SMILES string of the molecule is CCOC(=O)/C=C/c1cccc(-c2cnc(Nc3ccc(F)c(Cl)c3)nc2NCc2cncn2C)c1. The van der Waals surface area contributed by atoms with Gasteiger partial charge in [0.1, 0.15) is 11.6 Å². The summed E-state index contributed by atoms with van der Waals surface area (Å²) in [5.74, 6) is -0.0179. The maximum absolute atomic E-state index is 13.5. The highest BCUT2D eigenvalue weighted by atomic mass is 35.5. The molecule has 10 heteroatoms. The van der Waals surface area contributed by atoms with Crippen molar-refractivity contribution >= 4 is 41.1 Å². The van der Waals surface area contributed by atoms with Crippen LogP contribution < -0.4 is 10.6 Å². The number of benzene rings is 2. The molecule has 2 heterocycles. The number of halogens is 2. The molecule has 0 bridgehead atoms. The number of aryl methyl sites for hydroxylation is 1. The van der Waals surface area contributed by atoms with Crippen LogP contribution in [0, 0.1) is 5.82 Å². The molecule has 0 atom stereocenters. The van der Waals surface area contributed by atoms with E-state index in [1.54, 1.807) is 37.8 Å². The summed E-state index contributed by atoms with van der Waals surface area (Å²) in [5, 5.41) is 6.42. The van der Waals surface area contributed by atoms with Crippen molar-refractivity contribution in [2.45, 2.75) is 13.5 Å². The van der Waals surface area contributed by atoms with Crippen LogP contribution in [0.5, 0.6) is 0 Å². The highest BCUT2D eigenvalue weighted by Crippen LogP contribution is 2.29. The second-order valence-corrected chi connectivity index (χ2v) is 8.18. The molecular formula is C26H24ClFN6O2. The molecule has 0 saturated heterocycles. The second kappa shape index (κ2) is 11.5. The number of carbonyl (C=O) groups excluding carboxylic acids is 1. The van der Waals surface area contributed by atoms with E-state index in [1.165, 1.54) is 18.2 Å². The molecule has 4 rings (SSSR count). The number of nitrogens with zero attached hydrogens (tertiary/aromatic N) is 4. The molecule has 0 saturated carbocycles. The number of hydrogen-bond donors (Lipinski definition) is 2. The molecular weight excluding hydrogens is 483 g/mol. The molecule has 0 spiro atoms. The summed E-state index contributed by atoms with van der Waals surface area (Å²) in [6.45, 7) is 2.55. The normalized spacial score (nSPS) is 11.0. The summed E-state index contributed by atoms with van der Waals surface area (Å²) in [7, 11) is 1.91. The van der Waals surface area contributed by atoms with Gasteiger partial charge in [-0.3, -0.25) is 0 Å². The van der Waals surface area contributed by atoms with Crippen molar-refractivity contribution in [3.8, 4) is 11.1 Å². The summed E-state index contributed by atoms with van der Waals surface area (Å²) >= 11 is 5.90. The summed E-state index contributed by atoms with van der Waals surface area (Å²) < 4.78 is 20.4. The van der Waals surface area contributed by atoms with Gasteiger partial charge in [-0.05, 0) is 48.4 Å². The van der Waals surface area contributed by atoms with Crippen LogP contribution in [0.15, 0.2) is 67.3 Å². The maximum Gasteiger partial charge on any atom is 0.330 e. The zero-order valence-corrected chi connectivity index (χ0v) is 20.5. The molecule has 0 aliphatic rings. The molecule has 0 fully saturated rings. The van der Waals surface area contributed by atoms with E-state index in [9.17, 15) is 9.18 Å². The van der Waals surface area contributed by atoms with E-state index < -0.39 is 11.8 Å². The Kier molecular flexibility index (Phi) is 7.92. The number of imidazole rings is 1. The summed E-state index contributed by atoms with van der Waals surface area (Å²) in [6.07, 6.45) is 8.28. The fourth-order valence-electron chi connectivity index (χ4n) is 3.38. The van der Waals surface area contributed by atoms with Crippen molar-refractivity contribution in [3.63, 3.8) is 0 Å². The van der Waals surface area contributed by atoms with E-state index in [-0.39, 0.29) is 5.02 Å². The number of rotatable bonds is 9. The van der Waals surface area contributed by atoms with Crippen molar-refractivity contribution in [1.82, 2.24) is 19.5 Å². The minimum Gasteiger partial charge on any atom is -0.463 e. The first-order valence-corrected chi connectivity index (χ1v) is 11.5. The van der Waals surface area contributed by atoms with Gasteiger partial charge in [-0.15, -0.1) is 0 Å². The van der Waals surface area contributed by atoms with Gasteiger partial charge in [0, 0.05) is 36.8 Å². The van der Waals surface area contributed by atoms with Gasteiger partial charge >= 0.3 is 5.97 Å². The molecule has 4 aromatic rings. The van der Waals surface area contributed by atoms with Gasteiger partial charge < -0.3 is 19.9 Å². The highest BCUT2D eigenvalue weighted by molar-refractivity contribution is 6.31. The zero-order chi connectivity index (χ0) is 25.5. The molecule has 184 valence electrons. The van der Waals surface area contributed by atoms with Crippen molar-refractivity contribution in [2.75, 3.05) is 17.2 Å². The van der Waals surface area contributed by atoms with Gasteiger partial charge in [0.25, 0.3) is 0 Å². The Morgan fingerprint density at radius 3 is 2.83 bits per heavy atom. The number of carbonyl (C=O) groups is 1. The number of aromatic nitrogens is 4. The van der Waals surface area contributed by atoms with Crippen LogP contribution in [-0.2, 0) is 23.1 Å². The Bertz CT molecular complexity index is 1400. The third kappa shape index (κ3) is 6.25. The fraction of sp³-hybridized carbons (Fsp3) is 0.154. The van der Waals surface area contributed by atoms with E-state index in [0.717, 1.165) is 22.4 Å². The Hall–Kier alpha value is -4.24. The van der Waals surface area contributed by atoms with Crippen LogP contribution in [-0.4, -0.2) is 32.1 Å². The predicted molar refractivity (Wildman–Crippen MR) is 138 cm³/mol. The summed E-state index contributed by atoms with van der Waals surface area (Å²) in [5.41, 5.74) is 3.95. The average Bonchev–Trinajstić information content (AvgIpc) is 3.29. The minimum absolute atomic E-state index is 0.00105. The summed E-state index contributed by atoms with van der Waals surface area (Å²) in [6, 6.07) is 11.9. The lowest BCUT2D eigenvalue weighted by molar-refractivity contribution is -0.137. The predicted octanol–water partition coefficient (Wildman–Crippen LogP) is 5.60. The van der Waals surface area contributed by atoms with Crippen molar-refractivity contribution < 1.29 is 13.9 Å². The third-order valence-corrected chi connectivity index (χ3v) is 5.50.